The molecule has 0 spiro atoms. The standard InChI is InChI=1S/C13H16N2OS/c1-2-3-4-9-16-12-7-5-11(6-8-12)13-10-17-15-14-13/h5-8,10H,2-4,9H2,1H3. The molecule has 1 aromatic heterocycles. The highest BCUT2D eigenvalue weighted by atomic mass is 32.1. The second-order valence-corrected chi connectivity index (χ2v) is 4.48. The molecule has 0 saturated carbocycles. The van der Waals surface area contributed by atoms with Crippen molar-refractivity contribution in [3.63, 3.8) is 0 Å². The molecule has 17 heavy (non-hydrogen) atoms. The molecule has 1 aromatic carbocycles. The average Bonchev–Trinajstić information content (AvgIpc) is 2.89. The highest BCUT2D eigenvalue weighted by Gasteiger charge is 2.01. The lowest BCUT2D eigenvalue weighted by atomic mass is 10.2. The van der Waals surface area contributed by atoms with E-state index in [-0.39, 0.29) is 0 Å². The first-order chi connectivity index (χ1) is 8.40. The highest BCUT2D eigenvalue weighted by molar-refractivity contribution is 7.03. The van der Waals surface area contributed by atoms with Crippen molar-refractivity contribution < 1.29 is 4.74 Å². The second-order valence-electron chi connectivity index (χ2n) is 3.87. The molecule has 3 nitrogen and oxygen atoms in total. The Bertz CT molecular complexity index is 425. The highest BCUT2D eigenvalue weighted by Crippen LogP contribution is 2.21. The van der Waals surface area contributed by atoms with Crippen molar-refractivity contribution in [2.24, 2.45) is 0 Å². The summed E-state index contributed by atoms with van der Waals surface area (Å²) in [7, 11) is 0. The molecule has 0 atom stereocenters. The Balaban J connectivity index is 1.90. The molecule has 0 aliphatic carbocycles. The van der Waals surface area contributed by atoms with Crippen LogP contribution in [0.3, 0.4) is 0 Å². The van der Waals surface area contributed by atoms with Crippen molar-refractivity contribution in [2.45, 2.75) is 26.2 Å². The van der Waals surface area contributed by atoms with Crippen molar-refractivity contribution in [1.82, 2.24) is 9.59 Å². The van der Waals surface area contributed by atoms with Crippen LogP contribution in [0.4, 0.5) is 0 Å². The van der Waals surface area contributed by atoms with Crippen molar-refractivity contribution >= 4 is 11.5 Å². The zero-order valence-corrected chi connectivity index (χ0v) is 10.7. The Morgan fingerprint density at radius 3 is 2.65 bits per heavy atom. The molecule has 0 aliphatic heterocycles. The zero-order valence-electron chi connectivity index (χ0n) is 9.93. The summed E-state index contributed by atoms with van der Waals surface area (Å²) >= 11 is 1.37. The molecule has 0 aliphatic rings. The van der Waals surface area contributed by atoms with Crippen LogP contribution in [0.2, 0.25) is 0 Å². The summed E-state index contributed by atoms with van der Waals surface area (Å²) in [5.74, 6) is 0.924. The summed E-state index contributed by atoms with van der Waals surface area (Å²) in [5.41, 5.74) is 2.01. The third-order valence-corrected chi connectivity index (χ3v) is 3.03. The Morgan fingerprint density at radius 1 is 1.18 bits per heavy atom. The minimum atomic E-state index is 0.797. The van der Waals surface area contributed by atoms with Crippen molar-refractivity contribution in [2.75, 3.05) is 6.61 Å². The number of hydrogen-bond donors (Lipinski definition) is 0. The fraction of sp³-hybridized carbons (Fsp3) is 0.385. The zero-order chi connectivity index (χ0) is 11.9. The van der Waals surface area contributed by atoms with Crippen LogP contribution in [-0.4, -0.2) is 16.2 Å². The van der Waals surface area contributed by atoms with Crippen molar-refractivity contribution in [3.8, 4) is 17.0 Å². The molecule has 0 amide bonds. The fourth-order valence-corrected chi connectivity index (χ4v) is 2.02. The third kappa shape index (κ3) is 3.53. The molecule has 0 radical (unpaired) electrons. The maximum Gasteiger partial charge on any atom is 0.119 e. The van der Waals surface area contributed by atoms with Gasteiger partial charge >= 0.3 is 0 Å². The van der Waals surface area contributed by atoms with E-state index in [9.17, 15) is 0 Å². The average molecular weight is 248 g/mol. The maximum atomic E-state index is 5.65. The van der Waals surface area contributed by atoms with Crippen LogP contribution < -0.4 is 4.74 Å². The number of nitrogens with zero attached hydrogens (tertiary/aromatic N) is 2. The first kappa shape index (κ1) is 12.0. The van der Waals surface area contributed by atoms with Gasteiger partial charge in [-0.05, 0) is 42.2 Å². The van der Waals surface area contributed by atoms with E-state index in [0.717, 1.165) is 30.0 Å². The van der Waals surface area contributed by atoms with Crippen LogP contribution in [0.25, 0.3) is 11.3 Å². The Kier molecular flexibility index (Phi) is 4.50. The molecule has 1 heterocycles. The lowest BCUT2D eigenvalue weighted by Crippen LogP contribution is -1.96. The van der Waals surface area contributed by atoms with Gasteiger partial charge in [0.05, 0.1) is 6.61 Å². The summed E-state index contributed by atoms with van der Waals surface area (Å²) < 4.78 is 9.50. The first-order valence-electron chi connectivity index (χ1n) is 5.90. The Morgan fingerprint density at radius 2 is 2.00 bits per heavy atom. The molecule has 0 fully saturated rings. The van der Waals surface area contributed by atoms with Crippen LogP contribution in [0.1, 0.15) is 26.2 Å². The van der Waals surface area contributed by atoms with Gasteiger partial charge in [0, 0.05) is 10.9 Å². The van der Waals surface area contributed by atoms with Gasteiger partial charge in [-0.15, -0.1) is 5.10 Å². The van der Waals surface area contributed by atoms with Gasteiger partial charge in [0.1, 0.15) is 11.4 Å². The Labute approximate surface area is 106 Å². The topological polar surface area (TPSA) is 35.0 Å². The quantitative estimate of drug-likeness (QED) is 0.730. The summed E-state index contributed by atoms with van der Waals surface area (Å²) in [6, 6.07) is 8.01. The van der Waals surface area contributed by atoms with E-state index < -0.39 is 0 Å². The van der Waals surface area contributed by atoms with E-state index in [1.807, 2.05) is 29.6 Å². The van der Waals surface area contributed by atoms with E-state index in [4.69, 9.17) is 4.74 Å². The molecule has 2 aromatic rings. The maximum absolute atomic E-state index is 5.65. The molecule has 0 bridgehead atoms. The number of aromatic nitrogens is 2. The van der Waals surface area contributed by atoms with Gasteiger partial charge < -0.3 is 4.74 Å². The number of unbranched alkanes of at least 4 members (excludes halogenated alkanes) is 2. The summed E-state index contributed by atoms with van der Waals surface area (Å²) in [6.07, 6.45) is 3.57. The SMILES string of the molecule is CCCCCOc1ccc(-c2csnn2)cc1. The molecular formula is C13H16N2OS. The van der Waals surface area contributed by atoms with Crippen LogP contribution in [0, 0.1) is 0 Å². The number of ether oxygens (including phenoxy) is 1. The van der Waals surface area contributed by atoms with Gasteiger partial charge in [-0.2, -0.15) is 0 Å². The van der Waals surface area contributed by atoms with E-state index in [2.05, 4.69) is 16.5 Å². The normalized spacial score (nSPS) is 10.4. The van der Waals surface area contributed by atoms with Crippen molar-refractivity contribution in [3.05, 3.63) is 29.6 Å². The number of benzene rings is 1. The van der Waals surface area contributed by atoms with E-state index in [1.54, 1.807) is 0 Å². The van der Waals surface area contributed by atoms with Gasteiger partial charge in [0.2, 0.25) is 0 Å². The second kappa shape index (κ2) is 6.35. The summed E-state index contributed by atoms with van der Waals surface area (Å²) in [4.78, 5) is 0. The number of hydrogen-bond acceptors (Lipinski definition) is 4. The Hall–Kier alpha value is -1.42. The molecule has 0 saturated heterocycles. The van der Waals surface area contributed by atoms with Crippen LogP contribution in [-0.2, 0) is 0 Å². The molecule has 0 N–H and O–H groups in total. The fourth-order valence-electron chi connectivity index (χ4n) is 1.55. The lowest BCUT2D eigenvalue weighted by molar-refractivity contribution is 0.306. The van der Waals surface area contributed by atoms with Gasteiger partial charge in [-0.25, -0.2) is 0 Å². The largest absolute Gasteiger partial charge is 0.494 e. The molecule has 2 rings (SSSR count). The molecule has 0 unspecified atom stereocenters. The third-order valence-electron chi connectivity index (χ3n) is 2.53. The number of rotatable bonds is 6. The van der Waals surface area contributed by atoms with Crippen LogP contribution in [0.5, 0.6) is 5.75 Å². The van der Waals surface area contributed by atoms with E-state index in [1.165, 1.54) is 24.4 Å². The van der Waals surface area contributed by atoms with Crippen LogP contribution >= 0.6 is 11.5 Å². The van der Waals surface area contributed by atoms with Gasteiger partial charge in [-0.3, -0.25) is 0 Å². The minimum Gasteiger partial charge on any atom is -0.494 e. The monoisotopic (exact) mass is 248 g/mol. The van der Waals surface area contributed by atoms with Crippen LogP contribution in [0.15, 0.2) is 29.6 Å². The summed E-state index contributed by atoms with van der Waals surface area (Å²) in [5, 5.41) is 5.97. The van der Waals surface area contributed by atoms with Crippen molar-refractivity contribution in [1.29, 1.82) is 0 Å². The molecular weight excluding hydrogens is 232 g/mol. The van der Waals surface area contributed by atoms with E-state index in [0.29, 0.717) is 0 Å². The minimum absolute atomic E-state index is 0.797. The molecule has 90 valence electrons. The smallest absolute Gasteiger partial charge is 0.119 e. The summed E-state index contributed by atoms with van der Waals surface area (Å²) in [6.45, 7) is 2.99. The predicted molar refractivity (Wildman–Crippen MR) is 70.4 cm³/mol. The molecule has 4 heteroatoms. The van der Waals surface area contributed by atoms with Gasteiger partial charge in [0.25, 0.3) is 0 Å². The predicted octanol–water partition coefficient (Wildman–Crippen LogP) is 3.77. The first-order valence-corrected chi connectivity index (χ1v) is 6.74. The van der Waals surface area contributed by atoms with Gasteiger partial charge in [-0.1, -0.05) is 24.3 Å². The van der Waals surface area contributed by atoms with Gasteiger partial charge in [0.15, 0.2) is 0 Å². The van der Waals surface area contributed by atoms with E-state index >= 15 is 0 Å². The lowest BCUT2D eigenvalue weighted by Gasteiger charge is -2.05.